The van der Waals surface area contributed by atoms with E-state index in [4.69, 9.17) is 10.9 Å². The maximum Gasteiger partial charge on any atom is 0.342 e. The molecule has 0 saturated carbocycles. The van der Waals surface area contributed by atoms with Gasteiger partial charge in [-0.05, 0) is 69.0 Å². The summed E-state index contributed by atoms with van der Waals surface area (Å²) in [6.45, 7) is 5.30. The van der Waals surface area contributed by atoms with Crippen LogP contribution in [0.4, 0.5) is 21.9 Å². The van der Waals surface area contributed by atoms with Crippen molar-refractivity contribution in [2.75, 3.05) is 16.0 Å². The fourth-order valence-electron chi connectivity index (χ4n) is 4.95. The van der Waals surface area contributed by atoms with Gasteiger partial charge < -0.3 is 21.7 Å². The van der Waals surface area contributed by atoms with Gasteiger partial charge in [-0.3, -0.25) is 14.8 Å². The summed E-state index contributed by atoms with van der Waals surface area (Å²) in [5.74, 6) is -1.21. The molecule has 9 nitrogen and oxygen atoms in total. The maximum atomic E-state index is 13.8. The first-order valence-electron chi connectivity index (χ1n) is 12.4. The number of nitrogens with two attached hydrogens (primary N) is 1. The first kappa shape index (κ1) is 26.8. The van der Waals surface area contributed by atoms with Crippen LogP contribution >= 0.6 is 0 Å². The van der Waals surface area contributed by atoms with Crippen molar-refractivity contribution in [3.05, 3.63) is 78.4 Å². The Labute approximate surface area is 221 Å². The minimum Gasteiger partial charge on any atom is -0.326 e. The van der Waals surface area contributed by atoms with Gasteiger partial charge in [-0.2, -0.15) is 0 Å². The summed E-state index contributed by atoms with van der Waals surface area (Å²) >= 11 is 0. The van der Waals surface area contributed by atoms with Crippen LogP contribution in [-0.2, 0) is 16.0 Å². The van der Waals surface area contributed by atoms with Crippen LogP contribution in [0.5, 0.6) is 0 Å². The van der Waals surface area contributed by atoms with Crippen molar-refractivity contribution in [3.63, 3.8) is 0 Å². The Balaban J connectivity index is 1.58. The number of carbonyl (C=O) groups excluding carboxylic acids is 3. The van der Waals surface area contributed by atoms with Crippen molar-refractivity contribution < 1.29 is 19.6 Å². The van der Waals surface area contributed by atoms with E-state index in [1.54, 1.807) is 50.5 Å². The third kappa shape index (κ3) is 5.25. The average Bonchev–Trinajstić information content (AvgIpc) is 3.06. The van der Waals surface area contributed by atoms with Crippen LogP contribution in [-0.4, -0.2) is 28.6 Å². The van der Waals surface area contributed by atoms with E-state index in [0.29, 0.717) is 24.2 Å². The molecule has 4 rings (SSSR count). The summed E-state index contributed by atoms with van der Waals surface area (Å²) in [5, 5.41) is 17.4. The molecule has 0 aliphatic carbocycles. The van der Waals surface area contributed by atoms with Crippen molar-refractivity contribution in [2.24, 2.45) is 17.1 Å². The van der Waals surface area contributed by atoms with Gasteiger partial charge in [0.2, 0.25) is 11.8 Å². The molecule has 0 fully saturated rings. The van der Waals surface area contributed by atoms with Crippen LogP contribution in [0.3, 0.4) is 0 Å². The molecule has 3 aromatic rings. The molecule has 1 aliphatic rings. The fraction of sp³-hybridized carbons (Fsp3) is 0.276. The molecule has 198 valence electrons. The van der Waals surface area contributed by atoms with Crippen LogP contribution in [0.25, 0.3) is 11.1 Å². The SMILES string of the molecule is CC(C)(N)C(C)(C(=O)Nc1ccc(-c2ccccc2NC(=O)NO)cc1)[C@H]1CCc2ccccc2NC1=O. The third-order valence-electron chi connectivity index (χ3n) is 7.53. The zero-order valence-electron chi connectivity index (χ0n) is 21.7. The van der Waals surface area contributed by atoms with E-state index in [-0.39, 0.29) is 11.8 Å². The number of aryl methyl sites for hydroxylation is 1. The summed E-state index contributed by atoms with van der Waals surface area (Å²) in [4.78, 5) is 38.8. The Hall–Kier alpha value is -4.21. The van der Waals surface area contributed by atoms with Crippen LogP contribution in [0, 0.1) is 11.3 Å². The first-order valence-corrected chi connectivity index (χ1v) is 12.4. The molecule has 4 amide bonds. The summed E-state index contributed by atoms with van der Waals surface area (Å²) in [6.07, 6.45) is 1.13. The van der Waals surface area contributed by atoms with Crippen LogP contribution < -0.4 is 27.2 Å². The molecule has 38 heavy (non-hydrogen) atoms. The number of para-hydroxylation sites is 2. The van der Waals surface area contributed by atoms with E-state index in [9.17, 15) is 14.4 Å². The topological polar surface area (TPSA) is 146 Å². The van der Waals surface area contributed by atoms with Crippen molar-refractivity contribution in [1.29, 1.82) is 0 Å². The Morgan fingerprint density at radius 3 is 2.29 bits per heavy atom. The van der Waals surface area contributed by atoms with Gasteiger partial charge in [0.1, 0.15) is 0 Å². The van der Waals surface area contributed by atoms with Crippen molar-refractivity contribution >= 4 is 34.9 Å². The Bertz CT molecular complexity index is 1350. The average molecular weight is 516 g/mol. The van der Waals surface area contributed by atoms with E-state index in [0.717, 1.165) is 22.4 Å². The lowest BCUT2D eigenvalue weighted by Gasteiger charge is -2.44. The highest BCUT2D eigenvalue weighted by molar-refractivity contribution is 6.03. The Kier molecular flexibility index (Phi) is 7.52. The fourth-order valence-corrected chi connectivity index (χ4v) is 4.95. The van der Waals surface area contributed by atoms with Gasteiger partial charge in [0.15, 0.2) is 0 Å². The van der Waals surface area contributed by atoms with Gasteiger partial charge in [0, 0.05) is 22.5 Å². The smallest absolute Gasteiger partial charge is 0.326 e. The largest absolute Gasteiger partial charge is 0.342 e. The monoisotopic (exact) mass is 515 g/mol. The van der Waals surface area contributed by atoms with Gasteiger partial charge in [0.05, 0.1) is 17.0 Å². The van der Waals surface area contributed by atoms with Gasteiger partial charge >= 0.3 is 6.03 Å². The number of urea groups is 1. The third-order valence-corrected chi connectivity index (χ3v) is 7.53. The number of carbonyl (C=O) groups is 3. The molecule has 9 heteroatoms. The lowest BCUT2D eigenvalue weighted by Crippen LogP contribution is -2.61. The van der Waals surface area contributed by atoms with Crippen molar-refractivity contribution in [1.82, 2.24) is 5.48 Å². The lowest BCUT2D eigenvalue weighted by atomic mass is 9.62. The summed E-state index contributed by atoms with van der Waals surface area (Å²) in [5.41, 5.74) is 10.3. The lowest BCUT2D eigenvalue weighted by molar-refractivity contribution is -0.139. The highest BCUT2D eigenvalue weighted by Gasteiger charge is 2.53. The Morgan fingerprint density at radius 1 is 0.947 bits per heavy atom. The number of nitrogens with one attached hydrogen (secondary N) is 4. The molecular weight excluding hydrogens is 482 g/mol. The molecular formula is C29H33N5O4. The van der Waals surface area contributed by atoms with Gasteiger partial charge in [-0.25, -0.2) is 10.3 Å². The zero-order valence-corrected chi connectivity index (χ0v) is 21.7. The van der Waals surface area contributed by atoms with Gasteiger partial charge in [-0.1, -0.05) is 48.5 Å². The van der Waals surface area contributed by atoms with E-state index >= 15 is 0 Å². The molecule has 0 saturated heterocycles. The molecule has 1 unspecified atom stereocenters. The zero-order chi connectivity index (χ0) is 27.5. The molecule has 2 atom stereocenters. The van der Waals surface area contributed by atoms with Gasteiger partial charge in [0.25, 0.3) is 0 Å². The number of fused-ring (bicyclic) bond motifs is 1. The second-order valence-electron chi connectivity index (χ2n) is 10.3. The summed E-state index contributed by atoms with van der Waals surface area (Å²) < 4.78 is 0. The molecule has 3 aromatic carbocycles. The highest BCUT2D eigenvalue weighted by atomic mass is 16.5. The summed E-state index contributed by atoms with van der Waals surface area (Å²) in [7, 11) is 0. The first-order chi connectivity index (χ1) is 18.0. The van der Waals surface area contributed by atoms with Crippen LogP contribution in [0.2, 0.25) is 0 Å². The predicted molar refractivity (Wildman–Crippen MR) is 148 cm³/mol. The second kappa shape index (κ2) is 10.6. The second-order valence-corrected chi connectivity index (χ2v) is 10.3. The quantitative estimate of drug-likeness (QED) is 0.207. The van der Waals surface area contributed by atoms with E-state index in [1.807, 2.05) is 48.5 Å². The molecule has 0 aromatic heterocycles. The van der Waals surface area contributed by atoms with Crippen LogP contribution in [0.15, 0.2) is 72.8 Å². The number of anilines is 3. The van der Waals surface area contributed by atoms with Crippen molar-refractivity contribution in [3.8, 4) is 11.1 Å². The number of benzene rings is 3. The number of hydroxylamine groups is 1. The number of hydrogen-bond donors (Lipinski definition) is 6. The number of hydrogen-bond acceptors (Lipinski definition) is 5. The highest BCUT2D eigenvalue weighted by Crippen LogP contribution is 2.43. The number of amides is 4. The van der Waals surface area contributed by atoms with E-state index in [1.165, 1.54) is 0 Å². The van der Waals surface area contributed by atoms with Crippen molar-refractivity contribution in [2.45, 2.75) is 39.2 Å². The van der Waals surface area contributed by atoms with Gasteiger partial charge in [-0.15, -0.1) is 0 Å². The van der Waals surface area contributed by atoms with Crippen LogP contribution in [0.1, 0.15) is 32.8 Å². The molecule has 7 N–H and O–H groups in total. The summed E-state index contributed by atoms with van der Waals surface area (Å²) in [6, 6.07) is 21.2. The normalized spacial score (nSPS) is 16.8. The minimum atomic E-state index is -1.22. The van der Waals surface area contributed by atoms with E-state index < -0.39 is 22.9 Å². The predicted octanol–water partition coefficient (Wildman–Crippen LogP) is 4.75. The molecule has 1 heterocycles. The Morgan fingerprint density at radius 2 is 1.61 bits per heavy atom. The maximum absolute atomic E-state index is 13.8. The molecule has 1 aliphatic heterocycles. The molecule has 0 bridgehead atoms. The number of rotatable bonds is 6. The minimum absolute atomic E-state index is 0.225. The molecule has 0 spiro atoms. The van der Waals surface area contributed by atoms with E-state index in [2.05, 4.69) is 16.0 Å². The standard InChI is InChI=1S/C29H33N5O4/c1-28(2,30)29(3,22-17-14-19-8-4-6-10-23(19)32-25(22)35)26(36)31-20-15-12-18(13-16-20)21-9-5-7-11-24(21)33-27(37)34-38/h4-13,15-16,22,38H,14,17,30H2,1-3H3,(H,31,36)(H,32,35)(H2,33,34,37)/t22-,29?/m0/s1. The molecule has 0 radical (unpaired) electrons.